The summed E-state index contributed by atoms with van der Waals surface area (Å²) >= 11 is 0. The molecule has 1 atom stereocenters. The number of carbonyl (C=O) groups excluding carboxylic acids is 1. The summed E-state index contributed by atoms with van der Waals surface area (Å²) in [7, 11) is 1.60. The molecule has 156 valence electrons. The zero-order valence-corrected chi connectivity index (χ0v) is 17.2. The van der Waals surface area contributed by atoms with E-state index in [4.69, 9.17) is 14.0 Å². The molecule has 0 bridgehead atoms. The summed E-state index contributed by atoms with van der Waals surface area (Å²) in [5.41, 5.74) is 3.33. The fourth-order valence-electron chi connectivity index (χ4n) is 3.61. The topological polar surface area (TPSA) is 86.5 Å². The zero-order valence-electron chi connectivity index (χ0n) is 17.2. The maximum Gasteiger partial charge on any atom is 0.261 e. The lowest BCUT2D eigenvalue weighted by molar-refractivity contribution is -0.127. The van der Waals surface area contributed by atoms with Gasteiger partial charge >= 0.3 is 0 Å². The minimum atomic E-state index is -0.626. The number of carbonyl (C=O) groups is 1. The Morgan fingerprint density at radius 2 is 2.03 bits per heavy atom. The average Bonchev–Trinajstić information content (AvgIpc) is 3.27. The molecule has 30 heavy (non-hydrogen) atoms. The van der Waals surface area contributed by atoms with Crippen LogP contribution in [0.5, 0.6) is 11.5 Å². The first kappa shape index (κ1) is 19.9. The van der Waals surface area contributed by atoms with Gasteiger partial charge in [0.25, 0.3) is 5.91 Å². The first-order valence-electron chi connectivity index (χ1n) is 10.2. The van der Waals surface area contributed by atoms with E-state index in [0.29, 0.717) is 17.5 Å². The van der Waals surface area contributed by atoms with Crippen molar-refractivity contribution in [1.82, 2.24) is 15.5 Å². The van der Waals surface area contributed by atoms with E-state index < -0.39 is 6.10 Å². The number of ether oxygens (including phenoxy) is 2. The molecule has 1 aromatic heterocycles. The molecule has 1 N–H and O–H groups in total. The molecule has 1 amide bonds. The minimum Gasteiger partial charge on any atom is -0.497 e. The van der Waals surface area contributed by atoms with Gasteiger partial charge in [-0.25, -0.2) is 0 Å². The summed E-state index contributed by atoms with van der Waals surface area (Å²) in [4.78, 5) is 16.8. The highest BCUT2D eigenvalue weighted by molar-refractivity contribution is 5.80. The number of rotatable bonds is 7. The maximum atomic E-state index is 12.5. The molecule has 0 saturated carbocycles. The van der Waals surface area contributed by atoms with Crippen molar-refractivity contribution in [1.29, 1.82) is 0 Å². The highest BCUT2D eigenvalue weighted by Crippen LogP contribution is 2.30. The molecule has 7 heteroatoms. The van der Waals surface area contributed by atoms with Gasteiger partial charge in [0, 0.05) is 5.56 Å². The molecule has 0 unspecified atom stereocenters. The molecular formula is C23H25N3O4. The van der Waals surface area contributed by atoms with Crippen LogP contribution in [0.15, 0.2) is 47.0 Å². The van der Waals surface area contributed by atoms with Crippen LogP contribution in [0.25, 0.3) is 11.4 Å². The molecule has 2 aromatic carbocycles. The number of benzene rings is 2. The van der Waals surface area contributed by atoms with Crippen LogP contribution in [0.3, 0.4) is 0 Å². The van der Waals surface area contributed by atoms with E-state index in [1.165, 1.54) is 17.5 Å². The van der Waals surface area contributed by atoms with Gasteiger partial charge < -0.3 is 19.3 Å². The van der Waals surface area contributed by atoms with Crippen LogP contribution in [0.2, 0.25) is 0 Å². The number of hydrogen-bond acceptors (Lipinski definition) is 6. The Hall–Kier alpha value is -3.35. The highest BCUT2D eigenvalue weighted by Gasteiger charge is 2.20. The average molecular weight is 407 g/mol. The number of methoxy groups -OCH3 is 1. The van der Waals surface area contributed by atoms with Crippen molar-refractivity contribution in [2.75, 3.05) is 7.11 Å². The molecule has 0 spiro atoms. The summed E-state index contributed by atoms with van der Waals surface area (Å²) in [5.74, 6) is 2.04. The Morgan fingerprint density at radius 1 is 1.20 bits per heavy atom. The van der Waals surface area contributed by atoms with Crippen molar-refractivity contribution >= 4 is 5.91 Å². The molecule has 0 radical (unpaired) electrons. The Labute approximate surface area is 175 Å². The van der Waals surface area contributed by atoms with Crippen LogP contribution in [0.4, 0.5) is 0 Å². The standard InChI is InChI=1S/C23H25N3O4/c1-15(29-20-12-6-8-16-7-3-4-11-19(16)20)23(27)24-14-21-25-22(26-30-21)17-9-5-10-18(13-17)28-2/h5-6,8-10,12-13,15H,3-4,7,11,14H2,1-2H3,(H,24,27)/t15-/m1/s1. The number of hydrogen-bond donors (Lipinski definition) is 1. The lowest BCUT2D eigenvalue weighted by Gasteiger charge is -2.21. The largest absolute Gasteiger partial charge is 0.497 e. The van der Waals surface area contributed by atoms with E-state index in [1.54, 1.807) is 14.0 Å². The third-order valence-electron chi connectivity index (χ3n) is 5.24. The van der Waals surface area contributed by atoms with E-state index >= 15 is 0 Å². The van der Waals surface area contributed by atoms with Gasteiger partial charge in [0.05, 0.1) is 13.7 Å². The molecule has 7 nitrogen and oxygen atoms in total. The van der Waals surface area contributed by atoms with Crippen molar-refractivity contribution in [3.05, 3.63) is 59.5 Å². The van der Waals surface area contributed by atoms with Crippen molar-refractivity contribution < 1.29 is 18.8 Å². The second-order valence-electron chi connectivity index (χ2n) is 7.32. The quantitative estimate of drug-likeness (QED) is 0.643. The lowest BCUT2D eigenvalue weighted by Crippen LogP contribution is -2.36. The molecular weight excluding hydrogens is 382 g/mol. The highest BCUT2D eigenvalue weighted by atomic mass is 16.5. The van der Waals surface area contributed by atoms with E-state index in [2.05, 4.69) is 21.5 Å². The van der Waals surface area contributed by atoms with E-state index in [9.17, 15) is 4.79 Å². The number of amides is 1. The number of nitrogens with one attached hydrogen (secondary N) is 1. The van der Waals surface area contributed by atoms with Crippen molar-refractivity contribution in [2.45, 2.75) is 45.3 Å². The molecule has 1 heterocycles. The molecule has 1 aliphatic carbocycles. The first-order chi connectivity index (χ1) is 14.6. The number of fused-ring (bicyclic) bond motifs is 1. The fourth-order valence-corrected chi connectivity index (χ4v) is 3.61. The summed E-state index contributed by atoms with van der Waals surface area (Å²) in [6.07, 6.45) is 3.79. The van der Waals surface area contributed by atoms with E-state index in [1.807, 2.05) is 36.4 Å². The van der Waals surface area contributed by atoms with Crippen LogP contribution in [-0.2, 0) is 24.2 Å². The van der Waals surface area contributed by atoms with Crippen LogP contribution < -0.4 is 14.8 Å². The van der Waals surface area contributed by atoms with Gasteiger partial charge in [-0.1, -0.05) is 29.4 Å². The Balaban J connectivity index is 1.35. The molecule has 1 aliphatic rings. The van der Waals surface area contributed by atoms with Crippen LogP contribution >= 0.6 is 0 Å². The minimum absolute atomic E-state index is 0.135. The van der Waals surface area contributed by atoms with Gasteiger partial charge in [-0.05, 0) is 61.9 Å². The van der Waals surface area contributed by atoms with E-state index in [-0.39, 0.29) is 12.5 Å². The summed E-state index contributed by atoms with van der Waals surface area (Å²) in [5, 5.41) is 6.78. The van der Waals surface area contributed by atoms with Gasteiger partial charge in [-0.15, -0.1) is 0 Å². The number of aromatic nitrogens is 2. The molecule has 0 saturated heterocycles. The van der Waals surface area contributed by atoms with Gasteiger partial charge in [-0.3, -0.25) is 4.79 Å². The summed E-state index contributed by atoms with van der Waals surface area (Å²) < 4.78 is 16.4. The van der Waals surface area contributed by atoms with Crippen LogP contribution in [0.1, 0.15) is 36.8 Å². The van der Waals surface area contributed by atoms with Crippen molar-refractivity contribution in [3.63, 3.8) is 0 Å². The van der Waals surface area contributed by atoms with Crippen LogP contribution in [-0.4, -0.2) is 29.3 Å². The summed E-state index contributed by atoms with van der Waals surface area (Å²) in [6.45, 7) is 1.88. The predicted octanol–water partition coefficient (Wildman–Crippen LogP) is 3.71. The smallest absolute Gasteiger partial charge is 0.261 e. The third kappa shape index (κ3) is 4.45. The Bertz CT molecular complexity index is 1030. The first-order valence-corrected chi connectivity index (χ1v) is 10.2. The van der Waals surface area contributed by atoms with Crippen molar-refractivity contribution in [2.24, 2.45) is 0 Å². The van der Waals surface area contributed by atoms with Gasteiger partial charge in [0.2, 0.25) is 11.7 Å². The lowest BCUT2D eigenvalue weighted by atomic mass is 9.91. The summed E-state index contributed by atoms with van der Waals surface area (Å²) in [6, 6.07) is 13.5. The predicted molar refractivity (Wildman–Crippen MR) is 111 cm³/mol. The molecule has 0 aliphatic heterocycles. The normalized spacial score (nSPS) is 13.9. The second-order valence-corrected chi connectivity index (χ2v) is 7.32. The van der Waals surface area contributed by atoms with Gasteiger partial charge in [-0.2, -0.15) is 4.98 Å². The third-order valence-corrected chi connectivity index (χ3v) is 5.24. The number of nitrogens with zero attached hydrogens (tertiary/aromatic N) is 2. The molecule has 4 rings (SSSR count). The molecule has 3 aromatic rings. The fraction of sp³-hybridized carbons (Fsp3) is 0.348. The van der Waals surface area contributed by atoms with Crippen molar-refractivity contribution in [3.8, 4) is 22.9 Å². The van der Waals surface area contributed by atoms with Gasteiger partial charge in [0.1, 0.15) is 11.5 Å². The molecule has 0 fully saturated rings. The van der Waals surface area contributed by atoms with Gasteiger partial charge in [0.15, 0.2) is 6.10 Å². The number of aryl methyl sites for hydroxylation is 1. The maximum absolute atomic E-state index is 12.5. The SMILES string of the molecule is COc1cccc(-c2noc(CNC(=O)[C@@H](C)Oc3cccc4c3CCCC4)n2)c1. The Kier molecular flexibility index (Phi) is 5.97. The zero-order chi connectivity index (χ0) is 20.9. The second kappa shape index (κ2) is 8.98. The monoisotopic (exact) mass is 407 g/mol. The van der Waals surface area contributed by atoms with E-state index in [0.717, 1.165) is 30.6 Å². The van der Waals surface area contributed by atoms with Crippen LogP contribution in [0, 0.1) is 0 Å². The Morgan fingerprint density at radius 3 is 2.90 bits per heavy atom.